The third kappa shape index (κ3) is 4.67. The third-order valence-electron chi connectivity index (χ3n) is 4.58. The van der Waals surface area contributed by atoms with Crippen molar-refractivity contribution in [1.82, 2.24) is 15.6 Å². The van der Waals surface area contributed by atoms with Crippen molar-refractivity contribution in [1.29, 1.82) is 0 Å². The number of esters is 1. The molecule has 0 aliphatic carbocycles. The van der Waals surface area contributed by atoms with E-state index in [4.69, 9.17) is 4.74 Å². The molecule has 4 rings (SSSR count). The minimum absolute atomic E-state index is 0.112. The maximum atomic E-state index is 12.2. The molecule has 2 aliphatic rings. The molecule has 1 aromatic carbocycles. The van der Waals surface area contributed by atoms with E-state index in [9.17, 15) is 19.2 Å². The molecular weight excluding hydrogens is 416 g/mol. The van der Waals surface area contributed by atoms with Gasteiger partial charge in [0.05, 0.1) is 28.5 Å². The molecule has 3 heterocycles. The SMILES string of the molecule is O=C1CC(C(=O)Nc2ccc3nc(SCC(=O)NC4CCOC4=O)sc3c2)CN1. The Morgan fingerprint density at radius 1 is 1.34 bits per heavy atom. The number of aromatic nitrogens is 1. The largest absolute Gasteiger partial charge is 0.464 e. The quantitative estimate of drug-likeness (QED) is 0.455. The first-order chi connectivity index (χ1) is 14.0. The van der Waals surface area contributed by atoms with Crippen LogP contribution in [0.5, 0.6) is 0 Å². The highest BCUT2D eigenvalue weighted by Crippen LogP contribution is 2.31. The van der Waals surface area contributed by atoms with Gasteiger partial charge >= 0.3 is 5.97 Å². The van der Waals surface area contributed by atoms with E-state index in [1.54, 1.807) is 12.1 Å². The summed E-state index contributed by atoms with van der Waals surface area (Å²) in [7, 11) is 0. The molecule has 2 fully saturated rings. The van der Waals surface area contributed by atoms with Gasteiger partial charge in [0.2, 0.25) is 17.7 Å². The first kappa shape index (κ1) is 19.6. The number of thioether (sulfide) groups is 1. The van der Waals surface area contributed by atoms with Crippen LogP contribution >= 0.6 is 23.1 Å². The van der Waals surface area contributed by atoms with E-state index in [2.05, 4.69) is 20.9 Å². The number of rotatable bonds is 6. The molecule has 0 saturated carbocycles. The summed E-state index contributed by atoms with van der Waals surface area (Å²) in [6, 6.07) is 4.83. The van der Waals surface area contributed by atoms with Crippen LogP contribution in [0.4, 0.5) is 5.69 Å². The van der Waals surface area contributed by atoms with Crippen molar-refractivity contribution < 1.29 is 23.9 Å². The number of fused-ring (bicyclic) bond motifs is 1. The van der Waals surface area contributed by atoms with Gasteiger partial charge in [-0.15, -0.1) is 11.3 Å². The van der Waals surface area contributed by atoms with E-state index >= 15 is 0 Å². The molecule has 9 nitrogen and oxygen atoms in total. The second-order valence-corrected chi connectivity index (χ2v) is 8.97. The normalized spacial score (nSPS) is 21.1. The molecule has 0 bridgehead atoms. The van der Waals surface area contributed by atoms with Crippen LogP contribution in [-0.2, 0) is 23.9 Å². The summed E-state index contributed by atoms with van der Waals surface area (Å²) in [5.41, 5.74) is 1.41. The van der Waals surface area contributed by atoms with Crippen LogP contribution in [0.3, 0.4) is 0 Å². The number of ether oxygens (including phenoxy) is 1. The van der Waals surface area contributed by atoms with Gasteiger partial charge in [0.15, 0.2) is 4.34 Å². The number of hydrogen-bond acceptors (Lipinski definition) is 8. The average molecular weight is 434 g/mol. The van der Waals surface area contributed by atoms with E-state index in [0.29, 0.717) is 25.3 Å². The Bertz CT molecular complexity index is 992. The topological polar surface area (TPSA) is 126 Å². The minimum atomic E-state index is -0.560. The number of nitrogens with zero attached hydrogens (tertiary/aromatic N) is 1. The van der Waals surface area contributed by atoms with Crippen LogP contribution in [0.1, 0.15) is 12.8 Å². The predicted octanol–water partition coefficient (Wildman–Crippen LogP) is 0.895. The zero-order valence-electron chi connectivity index (χ0n) is 15.2. The van der Waals surface area contributed by atoms with E-state index < -0.39 is 12.0 Å². The minimum Gasteiger partial charge on any atom is -0.464 e. The van der Waals surface area contributed by atoms with Gasteiger partial charge < -0.3 is 20.7 Å². The number of amides is 3. The number of carbonyl (C=O) groups excluding carboxylic acids is 4. The Morgan fingerprint density at radius 2 is 2.21 bits per heavy atom. The van der Waals surface area contributed by atoms with Gasteiger partial charge in [-0.05, 0) is 18.2 Å². The molecular formula is C18H18N4O5S2. The molecule has 29 heavy (non-hydrogen) atoms. The van der Waals surface area contributed by atoms with Gasteiger partial charge in [0, 0.05) is 25.1 Å². The van der Waals surface area contributed by atoms with Gasteiger partial charge in [-0.25, -0.2) is 9.78 Å². The number of cyclic esters (lactones) is 1. The highest BCUT2D eigenvalue weighted by molar-refractivity contribution is 8.01. The Labute approximate surface area is 174 Å². The molecule has 2 atom stereocenters. The molecule has 2 saturated heterocycles. The summed E-state index contributed by atoms with van der Waals surface area (Å²) < 4.78 is 6.43. The van der Waals surface area contributed by atoms with Crippen LogP contribution in [0, 0.1) is 5.92 Å². The van der Waals surface area contributed by atoms with Gasteiger partial charge in [0.1, 0.15) is 6.04 Å². The molecule has 152 valence electrons. The van der Waals surface area contributed by atoms with E-state index in [-0.39, 0.29) is 35.8 Å². The Morgan fingerprint density at radius 3 is 2.93 bits per heavy atom. The first-order valence-corrected chi connectivity index (χ1v) is 10.8. The van der Waals surface area contributed by atoms with Gasteiger partial charge in [-0.2, -0.15) is 0 Å². The summed E-state index contributed by atoms with van der Waals surface area (Å²) in [5.74, 6) is -1.15. The standard InChI is InChI=1S/C18H18N4O5S2/c23-14-5-9(7-19-14)16(25)20-10-1-2-11-13(6-10)29-18(22-11)28-8-15(24)21-12-3-4-27-17(12)26/h1-2,6,9,12H,3-5,7-8H2,(H,19,23)(H,20,25)(H,21,24). The van der Waals surface area contributed by atoms with Gasteiger partial charge in [-0.3, -0.25) is 14.4 Å². The fourth-order valence-electron chi connectivity index (χ4n) is 3.07. The molecule has 1 aromatic heterocycles. The zero-order valence-corrected chi connectivity index (χ0v) is 16.9. The molecule has 2 aromatic rings. The molecule has 3 N–H and O–H groups in total. The highest BCUT2D eigenvalue weighted by Gasteiger charge is 2.28. The van der Waals surface area contributed by atoms with Crippen molar-refractivity contribution in [3.05, 3.63) is 18.2 Å². The van der Waals surface area contributed by atoms with Crippen molar-refractivity contribution in [3.8, 4) is 0 Å². The highest BCUT2D eigenvalue weighted by atomic mass is 32.2. The maximum Gasteiger partial charge on any atom is 0.328 e. The zero-order chi connectivity index (χ0) is 20.4. The molecule has 2 unspecified atom stereocenters. The first-order valence-electron chi connectivity index (χ1n) is 9.05. The van der Waals surface area contributed by atoms with Crippen LogP contribution in [0.15, 0.2) is 22.5 Å². The Balaban J connectivity index is 1.34. The lowest BCUT2D eigenvalue weighted by atomic mass is 10.1. The van der Waals surface area contributed by atoms with Crippen LogP contribution in [-0.4, -0.2) is 53.6 Å². The summed E-state index contributed by atoms with van der Waals surface area (Å²) in [4.78, 5) is 51.4. The lowest BCUT2D eigenvalue weighted by molar-refractivity contribution is -0.141. The number of anilines is 1. The predicted molar refractivity (Wildman–Crippen MR) is 108 cm³/mol. The number of hydrogen-bond donors (Lipinski definition) is 3. The van der Waals surface area contributed by atoms with Crippen LogP contribution in [0.2, 0.25) is 0 Å². The second kappa shape index (κ2) is 8.37. The number of thiazole rings is 1. The number of carbonyl (C=O) groups is 4. The lowest BCUT2D eigenvalue weighted by Gasteiger charge is -2.08. The summed E-state index contributed by atoms with van der Waals surface area (Å²) in [6.07, 6.45) is 0.700. The van der Waals surface area contributed by atoms with Crippen molar-refractivity contribution in [2.45, 2.75) is 23.2 Å². The van der Waals surface area contributed by atoms with Crippen LogP contribution < -0.4 is 16.0 Å². The van der Waals surface area contributed by atoms with E-state index in [1.165, 1.54) is 23.1 Å². The van der Waals surface area contributed by atoms with Crippen molar-refractivity contribution in [2.75, 3.05) is 24.2 Å². The van der Waals surface area contributed by atoms with Crippen molar-refractivity contribution >= 4 is 62.7 Å². The fourth-order valence-corrected chi connectivity index (χ4v) is 4.99. The maximum absolute atomic E-state index is 12.2. The molecule has 0 spiro atoms. The fraction of sp³-hybridized carbons (Fsp3) is 0.389. The number of nitrogens with one attached hydrogen (secondary N) is 3. The summed E-state index contributed by atoms with van der Waals surface area (Å²) in [6.45, 7) is 0.691. The monoisotopic (exact) mass is 434 g/mol. The van der Waals surface area contributed by atoms with E-state index in [1.807, 2.05) is 6.07 Å². The average Bonchev–Trinajstić information content (AvgIpc) is 3.40. The second-order valence-electron chi connectivity index (χ2n) is 6.72. The van der Waals surface area contributed by atoms with Gasteiger partial charge in [-0.1, -0.05) is 11.8 Å². The molecule has 3 amide bonds. The number of benzene rings is 1. The van der Waals surface area contributed by atoms with Crippen molar-refractivity contribution in [2.24, 2.45) is 5.92 Å². The lowest BCUT2D eigenvalue weighted by Crippen LogP contribution is -2.38. The Kier molecular flexibility index (Phi) is 5.67. The summed E-state index contributed by atoms with van der Waals surface area (Å²) >= 11 is 2.71. The smallest absolute Gasteiger partial charge is 0.328 e. The molecule has 2 aliphatic heterocycles. The molecule has 11 heteroatoms. The molecule has 0 radical (unpaired) electrons. The van der Waals surface area contributed by atoms with Crippen molar-refractivity contribution in [3.63, 3.8) is 0 Å². The third-order valence-corrected chi connectivity index (χ3v) is 6.74. The van der Waals surface area contributed by atoms with Crippen LogP contribution in [0.25, 0.3) is 10.2 Å². The van der Waals surface area contributed by atoms with Gasteiger partial charge in [0.25, 0.3) is 0 Å². The Hall–Kier alpha value is -2.66. The summed E-state index contributed by atoms with van der Waals surface area (Å²) in [5, 5.41) is 8.14. The van der Waals surface area contributed by atoms with E-state index in [0.717, 1.165) is 14.6 Å².